The van der Waals surface area contributed by atoms with E-state index in [1.807, 2.05) is 0 Å². The summed E-state index contributed by atoms with van der Waals surface area (Å²) >= 11 is 0. The summed E-state index contributed by atoms with van der Waals surface area (Å²) in [4.78, 5) is 27.1. The zero-order valence-electron chi connectivity index (χ0n) is 21.1. The lowest BCUT2D eigenvalue weighted by atomic mass is 9.81. The minimum absolute atomic E-state index is 0.0101. The number of phenols is 1. The van der Waals surface area contributed by atoms with Crippen LogP contribution in [0.2, 0.25) is 0 Å². The number of phenolic OH excluding ortho intramolecular Hbond substituents is 1. The zero-order chi connectivity index (χ0) is 25.3. The molecular formula is C26H37N3O5+2. The third kappa shape index (κ3) is 5.69. The summed E-state index contributed by atoms with van der Waals surface area (Å²) in [5.74, 6) is -0.592. The molecule has 0 spiro atoms. The standard InChI is InChI=1S/C26H35N3O5/c1-28(2,3)13-7-15-33-19-11-12-20(34-16-8-14-29(4,5)6)24-23(19)25(31)21-17(27)9-10-18(30)22(21)26(24)32/h9-12H,7-8,13-16H2,1-6H3,(H-2,27,30,31,32)/p+2. The third-order valence-electron chi connectivity index (χ3n) is 5.71. The van der Waals surface area contributed by atoms with Crippen molar-refractivity contribution in [1.29, 1.82) is 0 Å². The number of fused-ring (bicyclic) bond motifs is 2. The highest BCUT2D eigenvalue weighted by Crippen LogP contribution is 2.42. The molecule has 2 aromatic carbocycles. The first-order valence-electron chi connectivity index (χ1n) is 11.5. The van der Waals surface area contributed by atoms with E-state index >= 15 is 0 Å². The van der Waals surface area contributed by atoms with Crippen molar-refractivity contribution in [1.82, 2.24) is 0 Å². The molecule has 0 unspecified atom stereocenters. The lowest BCUT2D eigenvalue weighted by Crippen LogP contribution is -2.36. The molecule has 0 aromatic heterocycles. The number of quaternary nitrogens is 2. The van der Waals surface area contributed by atoms with Crippen LogP contribution >= 0.6 is 0 Å². The fourth-order valence-electron chi connectivity index (χ4n) is 4.03. The Bertz CT molecular complexity index is 1010. The van der Waals surface area contributed by atoms with Crippen molar-refractivity contribution in [2.24, 2.45) is 0 Å². The number of hydrogen-bond donors (Lipinski definition) is 2. The maximum atomic E-state index is 13.6. The highest BCUT2D eigenvalue weighted by Gasteiger charge is 2.38. The molecule has 0 bridgehead atoms. The summed E-state index contributed by atoms with van der Waals surface area (Å²) in [6.07, 6.45) is 1.56. The smallest absolute Gasteiger partial charge is 0.202 e. The number of rotatable bonds is 10. The molecule has 0 atom stereocenters. The van der Waals surface area contributed by atoms with Crippen molar-refractivity contribution in [3.8, 4) is 17.2 Å². The van der Waals surface area contributed by atoms with E-state index in [1.54, 1.807) is 12.1 Å². The van der Waals surface area contributed by atoms with Gasteiger partial charge in [-0.1, -0.05) is 0 Å². The zero-order valence-corrected chi connectivity index (χ0v) is 21.1. The molecule has 0 aliphatic heterocycles. The third-order valence-corrected chi connectivity index (χ3v) is 5.71. The quantitative estimate of drug-likeness (QED) is 0.204. The van der Waals surface area contributed by atoms with Gasteiger partial charge >= 0.3 is 0 Å². The molecule has 0 saturated carbocycles. The van der Waals surface area contributed by atoms with Gasteiger partial charge in [0.15, 0.2) is 0 Å². The second kappa shape index (κ2) is 9.64. The van der Waals surface area contributed by atoms with E-state index in [1.165, 1.54) is 12.1 Å². The predicted octanol–water partition coefficient (Wildman–Crippen LogP) is 2.70. The Kier molecular flexibility index (Phi) is 7.24. The molecule has 0 radical (unpaired) electrons. The topological polar surface area (TPSA) is 98.8 Å². The van der Waals surface area contributed by atoms with Gasteiger partial charge in [-0.2, -0.15) is 0 Å². The SMILES string of the molecule is C[N+](C)(C)CCCOc1ccc(OCCC[N+](C)(C)C)c2c1C(=O)c1c(N)ccc(O)c1C2=O. The number of nitrogens with two attached hydrogens (primary N) is 1. The first-order valence-corrected chi connectivity index (χ1v) is 11.5. The molecule has 184 valence electrons. The lowest BCUT2D eigenvalue weighted by Gasteiger charge is -2.26. The van der Waals surface area contributed by atoms with Gasteiger partial charge in [0.05, 0.1) is 90.8 Å². The van der Waals surface area contributed by atoms with Crippen molar-refractivity contribution in [3.05, 3.63) is 46.5 Å². The summed E-state index contributed by atoms with van der Waals surface area (Å²) in [6, 6.07) is 6.10. The Labute approximate surface area is 201 Å². The van der Waals surface area contributed by atoms with Gasteiger partial charge in [0.2, 0.25) is 11.6 Å². The van der Waals surface area contributed by atoms with Crippen LogP contribution in [0.3, 0.4) is 0 Å². The van der Waals surface area contributed by atoms with Gasteiger partial charge in [-0.15, -0.1) is 0 Å². The number of hydrogen-bond acceptors (Lipinski definition) is 6. The second-order valence-electron chi connectivity index (χ2n) is 10.8. The number of anilines is 1. The van der Waals surface area contributed by atoms with Crippen LogP contribution in [0.4, 0.5) is 5.69 Å². The molecule has 3 rings (SSSR count). The summed E-state index contributed by atoms with van der Waals surface area (Å²) in [5.41, 5.74) is 6.38. The number of ether oxygens (including phenoxy) is 2. The molecule has 8 heteroatoms. The number of nitrogen functional groups attached to an aromatic ring is 1. The average molecular weight is 472 g/mol. The fraction of sp³-hybridized carbons (Fsp3) is 0.462. The number of carbonyl (C=O) groups is 2. The van der Waals surface area contributed by atoms with E-state index in [2.05, 4.69) is 42.3 Å². The van der Waals surface area contributed by atoms with E-state index < -0.39 is 11.6 Å². The van der Waals surface area contributed by atoms with Crippen LogP contribution in [-0.4, -0.2) is 94.2 Å². The minimum Gasteiger partial charge on any atom is -0.507 e. The Morgan fingerprint density at radius 3 is 1.59 bits per heavy atom. The maximum Gasteiger partial charge on any atom is 0.202 e. The molecule has 1 aliphatic carbocycles. The summed E-state index contributed by atoms with van der Waals surface area (Å²) in [7, 11) is 12.6. The largest absolute Gasteiger partial charge is 0.507 e. The van der Waals surface area contributed by atoms with Gasteiger partial charge < -0.3 is 29.3 Å². The van der Waals surface area contributed by atoms with Gasteiger partial charge in [-0.25, -0.2) is 0 Å². The molecule has 3 N–H and O–H groups in total. The van der Waals surface area contributed by atoms with Crippen molar-refractivity contribution < 1.29 is 33.1 Å². The van der Waals surface area contributed by atoms with Crippen molar-refractivity contribution >= 4 is 17.3 Å². The van der Waals surface area contributed by atoms with Gasteiger partial charge in [0.25, 0.3) is 0 Å². The maximum absolute atomic E-state index is 13.6. The van der Waals surface area contributed by atoms with Crippen LogP contribution in [-0.2, 0) is 0 Å². The molecule has 0 heterocycles. The van der Waals surface area contributed by atoms with Crippen molar-refractivity contribution in [2.75, 3.05) is 74.3 Å². The summed E-state index contributed by atoms with van der Waals surface area (Å²) in [6.45, 7) is 2.58. The second-order valence-corrected chi connectivity index (χ2v) is 10.8. The Hall–Kier alpha value is -3.10. The van der Waals surface area contributed by atoms with Crippen LogP contribution in [0.15, 0.2) is 24.3 Å². The van der Waals surface area contributed by atoms with Crippen molar-refractivity contribution in [3.63, 3.8) is 0 Å². The van der Waals surface area contributed by atoms with Crippen LogP contribution < -0.4 is 15.2 Å². The van der Waals surface area contributed by atoms with Crippen LogP contribution in [0.25, 0.3) is 0 Å². The average Bonchev–Trinajstić information content (AvgIpc) is 2.72. The van der Waals surface area contributed by atoms with E-state index in [0.29, 0.717) is 24.7 Å². The van der Waals surface area contributed by atoms with Gasteiger partial charge in [0.1, 0.15) is 17.2 Å². The van der Waals surface area contributed by atoms with E-state index in [4.69, 9.17) is 15.2 Å². The first kappa shape index (κ1) is 25.5. The summed E-state index contributed by atoms with van der Waals surface area (Å²) in [5, 5.41) is 10.4. The van der Waals surface area contributed by atoms with Gasteiger partial charge in [-0.05, 0) is 24.3 Å². The Morgan fingerprint density at radius 2 is 1.15 bits per heavy atom. The Morgan fingerprint density at radius 1 is 0.706 bits per heavy atom. The van der Waals surface area contributed by atoms with Gasteiger partial charge in [0, 0.05) is 18.5 Å². The minimum atomic E-state index is -0.493. The van der Waals surface area contributed by atoms with Crippen LogP contribution in [0.5, 0.6) is 17.2 Å². The predicted molar refractivity (Wildman–Crippen MR) is 132 cm³/mol. The highest BCUT2D eigenvalue weighted by atomic mass is 16.5. The van der Waals surface area contributed by atoms with E-state index in [-0.39, 0.29) is 33.7 Å². The summed E-state index contributed by atoms with van der Waals surface area (Å²) < 4.78 is 13.5. The van der Waals surface area contributed by atoms with E-state index in [9.17, 15) is 14.7 Å². The lowest BCUT2D eigenvalue weighted by molar-refractivity contribution is -0.870. The van der Waals surface area contributed by atoms with Crippen LogP contribution in [0.1, 0.15) is 44.7 Å². The molecule has 1 aliphatic rings. The molecule has 34 heavy (non-hydrogen) atoms. The normalized spacial score (nSPS) is 13.5. The van der Waals surface area contributed by atoms with Crippen LogP contribution in [0, 0.1) is 0 Å². The number of benzene rings is 2. The number of aromatic hydroxyl groups is 1. The number of ketones is 2. The van der Waals surface area contributed by atoms with Crippen molar-refractivity contribution in [2.45, 2.75) is 12.8 Å². The molecule has 2 aromatic rings. The molecular weight excluding hydrogens is 434 g/mol. The molecule has 8 nitrogen and oxygen atoms in total. The van der Waals surface area contributed by atoms with E-state index in [0.717, 1.165) is 34.9 Å². The highest BCUT2D eigenvalue weighted by molar-refractivity contribution is 6.32. The molecule has 0 saturated heterocycles. The molecule has 0 fully saturated rings. The Balaban J connectivity index is 1.98. The number of carbonyl (C=O) groups excluding carboxylic acids is 2. The van der Waals surface area contributed by atoms with Gasteiger partial charge in [-0.3, -0.25) is 9.59 Å². The number of nitrogens with zero attached hydrogens (tertiary/aromatic N) is 2. The fourth-order valence-corrected chi connectivity index (χ4v) is 4.03. The molecule has 0 amide bonds. The first-order chi connectivity index (χ1) is 15.8. The monoisotopic (exact) mass is 471 g/mol.